The molecule has 2 heterocycles. The topological polar surface area (TPSA) is 6.48 Å². The third-order valence-corrected chi connectivity index (χ3v) is 3.06. The van der Waals surface area contributed by atoms with Crippen LogP contribution < -0.4 is 0 Å². The van der Waals surface area contributed by atoms with Crippen LogP contribution in [0.2, 0.25) is 0 Å². The van der Waals surface area contributed by atoms with Gasteiger partial charge < -0.3 is 0 Å². The molecular formula is C10H20N2. The van der Waals surface area contributed by atoms with E-state index in [1.807, 2.05) is 0 Å². The van der Waals surface area contributed by atoms with Crippen LogP contribution in [0.5, 0.6) is 0 Å². The standard InChI is InChI=1S/C10H20N2/c1-2-4-7-11(8-5-3-1)12-9-6-10-12/h1-10H2. The molecule has 2 heteroatoms. The van der Waals surface area contributed by atoms with Crippen molar-refractivity contribution in [2.45, 2.75) is 38.5 Å². The van der Waals surface area contributed by atoms with Crippen molar-refractivity contribution in [1.82, 2.24) is 10.0 Å². The summed E-state index contributed by atoms with van der Waals surface area (Å²) in [5.74, 6) is 0. The molecule has 0 atom stereocenters. The minimum Gasteiger partial charge on any atom is -0.242 e. The molecule has 0 unspecified atom stereocenters. The molecule has 0 saturated carbocycles. The zero-order valence-electron chi connectivity index (χ0n) is 7.97. The molecule has 0 bridgehead atoms. The first kappa shape index (κ1) is 8.52. The van der Waals surface area contributed by atoms with Gasteiger partial charge in [0.15, 0.2) is 0 Å². The van der Waals surface area contributed by atoms with Crippen molar-refractivity contribution < 1.29 is 0 Å². The highest BCUT2D eigenvalue weighted by Gasteiger charge is 2.21. The van der Waals surface area contributed by atoms with E-state index in [0.29, 0.717) is 0 Å². The van der Waals surface area contributed by atoms with Crippen LogP contribution in [0.25, 0.3) is 0 Å². The minimum atomic E-state index is 1.32. The molecule has 2 aliphatic rings. The fraction of sp³-hybridized carbons (Fsp3) is 1.00. The second-order valence-corrected chi connectivity index (χ2v) is 4.03. The molecule has 0 aromatic rings. The Kier molecular flexibility index (Phi) is 3.01. The highest BCUT2D eigenvalue weighted by atomic mass is 15.6. The first-order chi connectivity index (χ1) is 5.97. The summed E-state index contributed by atoms with van der Waals surface area (Å²) >= 11 is 0. The summed E-state index contributed by atoms with van der Waals surface area (Å²) in [6.45, 7) is 5.28. The molecule has 2 rings (SSSR count). The third kappa shape index (κ3) is 1.99. The summed E-state index contributed by atoms with van der Waals surface area (Å²) in [7, 11) is 0. The van der Waals surface area contributed by atoms with E-state index in [1.54, 1.807) is 0 Å². The lowest BCUT2D eigenvalue weighted by Gasteiger charge is -2.41. The van der Waals surface area contributed by atoms with Gasteiger partial charge in [-0.3, -0.25) is 0 Å². The largest absolute Gasteiger partial charge is 0.242 e. The summed E-state index contributed by atoms with van der Waals surface area (Å²) in [5.41, 5.74) is 0. The zero-order chi connectivity index (χ0) is 8.23. The third-order valence-electron chi connectivity index (χ3n) is 3.06. The fourth-order valence-electron chi connectivity index (χ4n) is 2.10. The van der Waals surface area contributed by atoms with Crippen LogP contribution in [0.15, 0.2) is 0 Å². The molecule has 2 aliphatic heterocycles. The summed E-state index contributed by atoms with van der Waals surface area (Å²) in [4.78, 5) is 0. The normalized spacial score (nSPS) is 29.0. The van der Waals surface area contributed by atoms with Gasteiger partial charge in [0.2, 0.25) is 0 Å². The van der Waals surface area contributed by atoms with Crippen LogP contribution in [0, 0.1) is 0 Å². The van der Waals surface area contributed by atoms with E-state index in [1.165, 1.54) is 64.7 Å². The van der Waals surface area contributed by atoms with Gasteiger partial charge >= 0.3 is 0 Å². The monoisotopic (exact) mass is 168 g/mol. The molecule has 0 aromatic carbocycles. The maximum atomic E-state index is 2.59. The van der Waals surface area contributed by atoms with E-state index >= 15 is 0 Å². The maximum Gasteiger partial charge on any atom is 0.0146 e. The lowest BCUT2D eigenvalue weighted by molar-refractivity contribution is -0.0760. The Morgan fingerprint density at radius 1 is 0.417 bits per heavy atom. The van der Waals surface area contributed by atoms with Gasteiger partial charge in [-0.15, -0.1) is 0 Å². The Hall–Kier alpha value is -0.0800. The van der Waals surface area contributed by atoms with Gasteiger partial charge in [-0.1, -0.05) is 19.3 Å². The number of hydrazine groups is 1. The molecule has 2 fully saturated rings. The van der Waals surface area contributed by atoms with E-state index in [4.69, 9.17) is 0 Å². The van der Waals surface area contributed by atoms with Crippen LogP contribution in [0.3, 0.4) is 0 Å². The quantitative estimate of drug-likeness (QED) is 0.590. The summed E-state index contributed by atoms with van der Waals surface area (Å²) in [6.07, 6.45) is 8.60. The smallest absolute Gasteiger partial charge is 0.0146 e. The number of nitrogens with zero attached hydrogens (tertiary/aromatic N) is 2. The van der Waals surface area contributed by atoms with Crippen LogP contribution in [0.4, 0.5) is 0 Å². The van der Waals surface area contributed by atoms with Crippen LogP contribution in [-0.4, -0.2) is 36.2 Å². The van der Waals surface area contributed by atoms with Crippen molar-refractivity contribution in [2.75, 3.05) is 26.2 Å². The zero-order valence-corrected chi connectivity index (χ0v) is 7.97. The predicted molar refractivity (Wildman–Crippen MR) is 50.8 cm³/mol. The van der Waals surface area contributed by atoms with Crippen LogP contribution in [-0.2, 0) is 0 Å². The van der Waals surface area contributed by atoms with E-state index in [-0.39, 0.29) is 0 Å². The molecule has 70 valence electrons. The van der Waals surface area contributed by atoms with Crippen molar-refractivity contribution in [3.63, 3.8) is 0 Å². The Labute approximate surface area is 75.5 Å². The first-order valence-electron chi connectivity index (χ1n) is 5.46. The Morgan fingerprint density at radius 3 is 1.25 bits per heavy atom. The van der Waals surface area contributed by atoms with Gasteiger partial charge in [-0.25, -0.2) is 10.0 Å². The molecule has 0 amide bonds. The average Bonchev–Trinajstić information content (AvgIpc) is 1.90. The molecule has 2 nitrogen and oxygen atoms in total. The second kappa shape index (κ2) is 4.24. The average molecular weight is 168 g/mol. The minimum absolute atomic E-state index is 1.32. The van der Waals surface area contributed by atoms with E-state index in [0.717, 1.165) is 0 Å². The van der Waals surface area contributed by atoms with Gasteiger partial charge in [-0.2, -0.15) is 0 Å². The lowest BCUT2D eigenvalue weighted by Crippen LogP contribution is -2.51. The van der Waals surface area contributed by atoms with Crippen LogP contribution in [0.1, 0.15) is 38.5 Å². The molecular weight excluding hydrogens is 148 g/mol. The highest BCUT2D eigenvalue weighted by molar-refractivity contribution is 4.69. The molecule has 12 heavy (non-hydrogen) atoms. The number of hydrogen-bond donors (Lipinski definition) is 0. The van der Waals surface area contributed by atoms with Crippen molar-refractivity contribution in [3.8, 4) is 0 Å². The van der Waals surface area contributed by atoms with Crippen molar-refractivity contribution in [1.29, 1.82) is 0 Å². The molecule has 0 radical (unpaired) electrons. The Morgan fingerprint density at radius 2 is 0.833 bits per heavy atom. The van der Waals surface area contributed by atoms with Crippen molar-refractivity contribution in [2.24, 2.45) is 0 Å². The van der Waals surface area contributed by atoms with Crippen LogP contribution >= 0.6 is 0 Å². The fourth-order valence-corrected chi connectivity index (χ4v) is 2.10. The van der Waals surface area contributed by atoms with Gasteiger partial charge in [-0.05, 0) is 19.3 Å². The van der Waals surface area contributed by atoms with Crippen molar-refractivity contribution in [3.05, 3.63) is 0 Å². The number of rotatable bonds is 1. The number of hydrogen-bond acceptors (Lipinski definition) is 2. The van der Waals surface area contributed by atoms with E-state index < -0.39 is 0 Å². The predicted octanol–water partition coefficient (Wildman–Crippen LogP) is 1.87. The Bertz CT molecular complexity index is 124. The molecule has 0 aromatic heterocycles. The van der Waals surface area contributed by atoms with E-state index in [2.05, 4.69) is 10.0 Å². The van der Waals surface area contributed by atoms with Gasteiger partial charge in [0.1, 0.15) is 0 Å². The first-order valence-corrected chi connectivity index (χ1v) is 5.46. The van der Waals surface area contributed by atoms with E-state index in [9.17, 15) is 0 Å². The molecule has 2 saturated heterocycles. The lowest BCUT2D eigenvalue weighted by atomic mass is 10.1. The van der Waals surface area contributed by atoms with Gasteiger partial charge in [0.25, 0.3) is 0 Å². The maximum absolute atomic E-state index is 2.59. The van der Waals surface area contributed by atoms with Gasteiger partial charge in [0, 0.05) is 26.2 Å². The molecule has 0 aliphatic carbocycles. The summed E-state index contributed by atoms with van der Waals surface area (Å²) in [5, 5.41) is 5.12. The summed E-state index contributed by atoms with van der Waals surface area (Å²) in [6, 6.07) is 0. The van der Waals surface area contributed by atoms with Gasteiger partial charge in [0.05, 0.1) is 0 Å². The molecule has 0 spiro atoms. The van der Waals surface area contributed by atoms with Crippen molar-refractivity contribution >= 4 is 0 Å². The molecule has 0 N–H and O–H groups in total. The summed E-state index contributed by atoms with van der Waals surface area (Å²) < 4.78 is 0. The SMILES string of the molecule is C1CCCN(N2CCC2)CCC1. The second-order valence-electron chi connectivity index (χ2n) is 4.03. The Balaban J connectivity index is 1.77. The highest BCUT2D eigenvalue weighted by Crippen LogP contribution is 2.16.